The highest BCUT2D eigenvalue weighted by molar-refractivity contribution is 7.14. The summed E-state index contributed by atoms with van der Waals surface area (Å²) in [4.78, 5) is 16.8. The zero-order valence-corrected chi connectivity index (χ0v) is 15.3. The molecule has 7 heteroatoms. The topological polar surface area (TPSA) is 63.2 Å². The van der Waals surface area contributed by atoms with E-state index in [4.69, 9.17) is 4.74 Å². The number of ether oxygens (including phenoxy) is 1. The lowest BCUT2D eigenvalue weighted by Gasteiger charge is -2.10. The first kappa shape index (κ1) is 17.6. The van der Waals surface area contributed by atoms with E-state index >= 15 is 0 Å². The number of hydrogen-bond donors (Lipinski definition) is 2. The van der Waals surface area contributed by atoms with E-state index in [0.29, 0.717) is 24.0 Å². The van der Waals surface area contributed by atoms with Crippen molar-refractivity contribution in [3.8, 4) is 11.3 Å². The summed E-state index contributed by atoms with van der Waals surface area (Å²) >= 11 is 1.40. The summed E-state index contributed by atoms with van der Waals surface area (Å²) in [6, 6.07) is 14.0. The molecule has 2 heterocycles. The van der Waals surface area contributed by atoms with Gasteiger partial charge in [0.25, 0.3) is 0 Å². The van der Waals surface area contributed by atoms with Crippen molar-refractivity contribution < 1.29 is 13.9 Å². The maximum absolute atomic E-state index is 13.8. The second-order valence-electron chi connectivity index (χ2n) is 6.27. The average Bonchev–Trinajstić information content (AvgIpc) is 3.36. The summed E-state index contributed by atoms with van der Waals surface area (Å²) in [6.07, 6.45) is 0.753. The summed E-state index contributed by atoms with van der Waals surface area (Å²) < 4.78 is 19.0. The molecule has 27 heavy (non-hydrogen) atoms. The van der Waals surface area contributed by atoms with Crippen molar-refractivity contribution >= 4 is 33.8 Å². The highest BCUT2D eigenvalue weighted by atomic mass is 32.1. The number of benzene rings is 2. The van der Waals surface area contributed by atoms with Crippen LogP contribution in [-0.2, 0) is 9.53 Å². The number of nitrogens with zero attached hydrogens (tertiary/aromatic N) is 1. The molecule has 0 bridgehead atoms. The van der Waals surface area contributed by atoms with E-state index in [0.717, 1.165) is 23.4 Å². The van der Waals surface area contributed by atoms with Crippen LogP contribution in [0.4, 0.5) is 20.9 Å². The van der Waals surface area contributed by atoms with Crippen molar-refractivity contribution in [2.45, 2.75) is 6.42 Å². The number of carbonyl (C=O) groups excluding carboxylic acids is 1. The Balaban J connectivity index is 1.48. The molecule has 1 aliphatic heterocycles. The van der Waals surface area contributed by atoms with Crippen molar-refractivity contribution in [2.75, 3.05) is 23.8 Å². The molecule has 3 aromatic rings. The van der Waals surface area contributed by atoms with Gasteiger partial charge in [0.15, 0.2) is 5.13 Å². The maximum Gasteiger partial charge on any atom is 0.229 e. The molecule has 1 aromatic heterocycles. The van der Waals surface area contributed by atoms with Crippen molar-refractivity contribution in [3.63, 3.8) is 0 Å². The van der Waals surface area contributed by atoms with Gasteiger partial charge in [-0.05, 0) is 30.7 Å². The number of rotatable bonds is 5. The SMILES string of the molecule is O=C(Nc1cccc(-c2csc(Nc3ccccc3F)n2)c1)[C@H]1CCOC1. The van der Waals surface area contributed by atoms with E-state index in [9.17, 15) is 9.18 Å². The molecule has 0 unspecified atom stereocenters. The van der Waals surface area contributed by atoms with Gasteiger partial charge < -0.3 is 15.4 Å². The summed E-state index contributed by atoms with van der Waals surface area (Å²) in [5.41, 5.74) is 2.76. The fraction of sp³-hybridized carbons (Fsp3) is 0.200. The van der Waals surface area contributed by atoms with E-state index in [2.05, 4.69) is 15.6 Å². The third kappa shape index (κ3) is 4.15. The van der Waals surface area contributed by atoms with Crippen molar-refractivity contribution in [3.05, 3.63) is 59.7 Å². The molecule has 0 aliphatic carbocycles. The summed E-state index contributed by atoms with van der Waals surface area (Å²) in [6.45, 7) is 1.11. The van der Waals surface area contributed by atoms with Crippen LogP contribution < -0.4 is 10.6 Å². The van der Waals surface area contributed by atoms with Crippen molar-refractivity contribution in [1.82, 2.24) is 4.98 Å². The van der Waals surface area contributed by atoms with E-state index in [1.807, 2.05) is 29.6 Å². The normalized spacial score (nSPS) is 16.3. The number of halogens is 1. The number of amides is 1. The minimum absolute atomic E-state index is 0.0233. The van der Waals surface area contributed by atoms with Gasteiger partial charge in [-0.1, -0.05) is 24.3 Å². The Kier molecular flexibility index (Phi) is 5.13. The Morgan fingerprint density at radius 2 is 2.11 bits per heavy atom. The lowest BCUT2D eigenvalue weighted by atomic mass is 10.1. The largest absolute Gasteiger partial charge is 0.381 e. The Bertz CT molecular complexity index is 954. The zero-order valence-electron chi connectivity index (χ0n) is 14.4. The van der Waals surface area contributed by atoms with Gasteiger partial charge in [0, 0.05) is 23.2 Å². The van der Waals surface area contributed by atoms with Crippen molar-refractivity contribution in [1.29, 1.82) is 0 Å². The third-order valence-electron chi connectivity index (χ3n) is 4.35. The van der Waals surface area contributed by atoms with Crippen LogP contribution in [0.15, 0.2) is 53.9 Å². The van der Waals surface area contributed by atoms with E-state index < -0.39 is 0 Å². The van der Waals surface area contributed by atoms with E-state index in [1.165, 1.54) is 17.4 Å². The average molecular weight is 383 g/mol. The molecular formula is C20H18FN3O2S. The van der Waals surface area contributed by atoms with Crippen molar-refractivity contribution in [2.24, 2.45) is 5.92 Å². The standard InChI is InChI=1S/C20H18FN3O2S/c21-16-6-1-2-7-17(16)23-20-24-18(12-27-20)13-4-3-5-15(10-13)22-19(25)14-8-9-26-11-14/h1-7,10,12,14H,8-9,11H2,(H,22,25)(H,23,24)/t14-/m0/s1. The van der Waals surface area contributed by atoms with Gasteiger partial charge in [-0.25, -0.2) is 9.37 Å². The number of hydrogen-bond acceptors (Lipinski definition) is 5. The number of aromatic nitrogens is 1. The Labute approximate surface area is 160 Å². The van der Waals surface area contributed by atoms with Gasteiger partial charge >= 0.3 is 0 Å². The molecule has 2 aromatic carbocycles. The lowest BCUT2D eigenvalue weighted by Crippen LogP contribution is -2.22. The van der Waals surface area contributed by atoms with E-state index in [-0.39, 0.29) is 17.6 Å². The van der Waals surface area contributed by atoms with Crippen LogP contribution in [0.2, 0.25) is 0 Å². The highest BCUT2D eigenvalue weighted by Gasteiger charge is 2.23. The molecule has 1 atom stereocenters. The number of thiazole rings is 1. The molecule has 1 fully saturated rings. The monoisotopic (exact) mass is 383 g/mol. The highest BCUT2D eigenvalue weighted by Crippen LogP contribution is 2.29. The molecule has 1 aliphatic rings. The Morgan fingerprint density at radius 3 is 2.93 bits per heavy atom. The van der Waals surface area contributed by atoms with Gasteiger partial charge in [-0.3, -0.25) is 4.79 Å². The number of carbonyl (C=O) groups is 1. The smallest absolute Gasteiger partial charge is 0.229 e. The molecule has 0 spiro atoms. The molecule has 4 rings (SSSR count). The predicted octanol–water partition coefficient (Wildman–Crippen LogP) is 4.67. The number of nitrogens with one attached hydrogen (secondary N) is 2. The summed E-state index contributed by atoms with van der Waals surface area (Å²) in [7, 11) is 0. The molecule has 0 saturated carbocycles. The molecule has 1 saturated heterocycles. The second kappa shape index (κ2) is 7.85. The lowest BCUT2D eigenvalue weighted by molar-refractivity contribution is -0.119. The fourth-order valence-electron chi connectivity index (χ4n) is 2.88. The second-order valence-corrected chi connectivity index (χ2v) is 7.13. The van der Waals surface area contributed by atoms with Gasteiger partial charge in [0.2, 0.25) is 5.91 Å². The van der Waals surface area contributed by atoms with Gasteiger partial charge in [0.1, 0.15) is 5.82 Å². The molecule has 5 nitrogen and oxygen atoms in total. The third-order valence-corrected chi connectivity index (χ3v) is 5.10. The molecular weight excluding hydrogens is 365 g/mol. The van der Waals surface area contributed by atoms with Gasteiger partial charge in [-0.2, -0.15) is 0 Å². The number of anilines is 3. The molecule has 1 amide bonds. The summed E-state index contributed by atoms with van der Waals surface area (Å²) in [5.74, 6) is -0.441. The van der Waals surface area contributed by atoms with Gasteiger partial charge in [-0.15, -0.1) is 11.3 Å². The van der Waals surface area contributed by atoms with Crippen LogP contribution in [0.1, 0.15) is 6.42 Å². The first-order valence-electron chi connectivity index (χ1n) is 8.65. The first-order valence-corrected chi connectivity index (χ1v) is 9.53. The number of para-hydroxylation sites is 1. The Hall–Kier alpha value is -2.77. The van der Waals surface area contributed by atoms with Crippen LogP contribution >= 0.6 is 11.3 Å². The molecule has 0 radical (unpaired) electrons. The van der Waals surface area contributed by atoms with Crippen LogP contribution in [0.3, 0.4) is 0 Å². The van der Waals surface area contributed by atoms with Crippen LogP contribution in [0.5, 0.6) is 0 Å². The predicted molar refractivity (Wildman–Crippen MR) is 105 cm³/mol. The zero-order chi connectivity index (χ0) is 18.6. The van der Waals surface area contributed by atoms with Crippen LogP contribution in [0.25, 0.3) is 11.3 Å². The minimum atomic E-state index is -0.324. The first-order chi connectivity index (χ1) is 13.2. The summed E-state index contributed by atoms with van der Waals surface area (Å²) in [5, 5.41) is 8.44. The Morgan fingerprint density at radius 1 is 1.22 bits per heavy atom. The van der Waals surface area contributed by atoms with E-state index in [1.54, 1.807) is 18.2 Å². The maximum atomic E-state index is 13.8. The van der Waals surface area contributed by atoms with Crippen LogP contribution in [0, 0.1) is 11.7 Å². The molecule has 2 N–H and O–H groups in total. The fourth-order valence-corrected chi connectivity index (χ4v) is 3.62. The minimum Gasteiger partial charge on any atom is -0.381 e. The quantitative estimate of drug-likeness (QED) is 0.672. The van der Waals surface area contributed by atoms with Crippen LogP contribution in [-0.4, -0.2) is 24.1 Å². The van der Waals surface area contributed by atoms with Gasteiger partial charge in [0.05, 0.1) is 23.9 Å². The molecule has 138 valence electrons.